The molecule has 0 heterocycles. The largest absolute Gasteiger partial charge is 0.514 e. The van der Waals surface area contributed by atoms with E-state index in [9.17, 15) is 9.18 Å². The molecule has 14 heavy (non-hydrogen) atoms. The number of hydrogen-bond acceptors (Lipinski definition) is 3. The first-order valence-electron chi connectivity index (χ1n) is 3.94. The molecule has 74 valence electrons. The van der Waals surface area contributed by atoms with E-state index in [1.807, 2.05) is 0 Å². The molecule has 0 N–H and O–H groups in total. The number of hydrogen-bond donors (Lipinski definition) is 0. The molecule has 1 aromatic rings. The maximum atomic E-state index is 12.9. The van der Waals surface area contributed by atoms with Gasteiger partial charge in [0.05, 0.1) is 0 Å². The van der Waals surface area contributed by atoms with Gasteiger partial charge in [-0.05, 0) is 12.1 Å². The molecule has 3 nitrogen and oxygen atoms in total. The van der Waals surface area contributed by atoms with E-state index < -0.39 is 12.0 Å². The summed E-state index contributed by atoms with van der Waals surface area (Å²) in [5.74, 6) is -0.760. The molecule has 0 unspecified atom stereocenters. The van der Waals surface area contributed by atoms with Crippen molar-refractivity contribution in [2.45, 2.75) is 0 Å². The minimum absolute atomic E-state index is 0.0350. The second-order valence-electron chi connectivity index (χ2n) is 2.38. The first-order valence-corrected chi connectivity index (χ1v) is 3.94. The molecule has 0 fully saturated rings. The molecule has 1 aromatic carbocycles. The molecule has 0 aromatic heterocycles. The fourth-order valence-electron chi connectivity index (χ4n) is 0.774. The number of benzene rings is 1. The zero-order chi connectivity index (χ0) is 10.4. The smallest absolute Gasteiger partial charge is 0.430 e. The highest BCUT2D eigenvalue weighted by Crippen LogP contribution is 2.15. The third-order valence-electron chi connectivity index (χ3n) is 1.35. The van der Waals surface area contributed by atoms with Gasteiger partial charge in [0.1, 0.15) is 6.61 Å². The molecule has 0 aliphatic rings. The van der Waals surface area contributed by atoms with Crippen LogP contribution in [0.4, 0.5) is 9.18 Å². The molecule has 0 atom stereocenters. The van der Waals surface area contributed by atoms with Crippen molar-refractivity contribution in [2.24, 2.45) is 0 Å². The Labute approximate surface area is 80.8 Å². The van der Waals surface area contributed by atoms with E-state index in [4.69, 9.17) is 0 Å². The molecular weight excluding hydrogens is 187 g/mol. The Morgan fingerprint density at radius 2 is 2.21 bits per heavy atom. The number of carbonyl (C=O) groups excluding carboxylic acids is 1. The summed E-state index contributed by atoms with van der Waals surface area (Å²) in [6.07, 6.45) is 0.442. The molecule has 0 aliphatic heterocycles. The second kappa shape index (κ2) is 5.01. The zero-order valence-electron chi connectivity index (χ0n) is 7.40. The van der Waals surface area contributed by atoms with Crippen molar-refractivity contribution in [2.75, 3.05) is 6.61 Å². The van der Waals surface area contributed by atoms with E-state index in [1.54, 1.807) is 6.07 Å². The van der Waals surface area contributed by atoms with Crippen LogP contribution in [0.25, 0.3) is 0 Å². The Kier molecular flexibility index (Phi) is 3.67. The highest BCUT2D eigenvalue weighted by Gasteiger charge is 2.08. The molecule has 0 bridgehead atoms. The molecule has 0 spiro atoms. The van der Waals surface area contributed by atoms with Crippen molar-refractivity contribution >= 4 is 6.16 Å². The molecule has 0 radical (unpaired) electrons. The van der Waals surface area contributed by atoms with Crippen LogP contribution >= 0.6 is 0 Å². The van der Waals surface area contributed by atoms with Gasteiger partial charge in [-0.2, -0.15) is 0 Å². The standard InChI is InChI=1S/C10H9FO3/c1-2-7-13-10(12)14-9-6-4-3-5-8(9)11/h2-6H,1,7H2. The van der Waals surface area contributed by atoms with Gasteiger partial charge in [-0.25, -0.2) is 9.18 Å². The predicted molar refractivity (Wildman–Crippen MR) is 48.6 cm³/mol. The van der Waals surface area contributed by atoms with Crippen molar-refractivity contribution in [3.63, 3.8) is 0 Å². The predicted octanol–water partition coefficient (Wildman–Crippen LogP) is 2.53. The van der Waals surface area contributed by atoms with Crippen molar-refractivity contribution in [3.8, 4) is 5.75 Å². The van der Waals surface area contributed by atoms with Gasteiger partial charge in [0.15, 0.2) is 11.6 Å². The fourth-order valence-corrected chi connectivity index (χ4v) is 0.774. The summed E-state index contributed by atoms with van der Waals surface area (Å²) in [6.45, 7) is 3.39. The maximum Gasteiger partial charge on any atom is 0.514 e. The van der Waals surface area contributed by atoms with Crippen LogP contribution < -0.4 is 4.74 Å². The lowest BCUT2D eigenvalue weighted by Crippen LogP contribution is -2.11. The van der Waals surface area contributed by atoms with Gasteiger partial charge < -0.3 is 9.47 Å². The van der Waals surface area contributed by atoms with Gasteiger partial charge in [0.25, 0.3) is 0 Å². The van der Waals surface area contributed by atoms with Gasteiger partial charge in [-0.1, -0.05) is 24.8 Å². The zero-order valence-corrected chi connectivity index (χ0v) is 7.40. The van der Waals surface area contributed by atoms with Gasteiger partial charge >= 0.3 is 6.16 Å². The van der Waals surface area contributed by atoms with Gasteiger partial charge in [0, 0.05) is 0 Å². The summed E-state index contributed by atoms with van der Waals surface area (Å²) in [5, 5.41) is 0. The average Bonchev–Trinajstić information content (AvgIpc) is 2.18. The first-order chi connectivity index (χ1) is 6.74. The number of ether oxygens (including phenoxy) is 2. The molecule has 0 saturated heterocycles. The maximum absolute atomic E-state index is 12.9. The highest BCUT2D eigenvalue weighted by molar-refractivity contribution is 5.63. The van der Waals surface area contributed by atoms with Crippen LogP contribution in [0.3, 0.4) is 0 Å². The number of halogens is 1. The third kappa shape index (κ3) is 2.90. The lowest BCUT2D eigenvalue weighted by atomic mass is 10.3. The Bertz CT molecular complexity index is 336. The second-order valence-corrected chi connectivity index (χ2v) is 2.38. The molecular formula is C10H9FO3. The van der Waals surface area contributed by atoms with Gasteiger partial charge in [-0.3, -0.25) is 0 Å². The monoisotopic (exact) mass is 196 g/mol. The average molecular weight is 196 g/mol. The summed E-state index contributed by atoms with van der Waals surface area (Å²) in [4.78, 5) is 10.9. The van der Waals surface area contributed by atoms with Crippen molar-refractivity contribution in [3.05, 3.63) is 42.7 Å². The normalized spacial score (nSPS) is 9.21. The van der Waals surface area contributed by atoms with Crippen LogP contribution in [-0.2, 0) is 4.74 Å². The Morgan fingerprint density at radius 1 is 1.50 bits per heavy atom. The fraction of sp³-hybridized carbons (Fsp3) is 0.100. The van der Waals surface area contributed by atoms with Gasteiger partial charge in [-0.15, -0.1) is 0 Å². The quantitative estimate of drug-likeness (QED) is 0.423. The van der Waals surface area contributed by atoms with E-state index in [1.165, 1.54) is 24.3 Å². The summed E-state index contributed by atoms with van der Waals surface area (Å²) in [5.41, 5.74) is 0. The van der Waals surface area contributed by atoms with E-state index in [0.717, 1.165) is 0 Å². The van der Waals surface area contributed by atoms with Crippen LogP contribution in [0.15, 0.2) is 36.9 Å². The lowest BCUT2D eigenvalue weighted by Gasteiger charge is -2.03. The Balaban J connectivity index is 2.56. The van der Waals surface area contributed by atoms with Gasteiger partial charge in [0.2, 0.25) is 0 Å². The van der Waals surface area contributed by atoms with E-state index in [2.05, 4.69) is 16.1 Å². The first kappa shape index (κ1) is 10.2. The minimum Gasteiger partial charge on any atom is -0.430 e. The molecule has 0 amide bonds. The summed E-state index contributed by atoms with van der Waals surface area (Å²) >= 11 is 0. The third-order valence-corrected chi connectivity index (χ3v) is 1.35. The summed E-state index contributed by atoms with van der Waals surface area (Å²) < 4.78 is 22.0. The minimum atomic E-state index is -0.949. The van der Waals surface area contributed by atoms with E-state index in [0.29, 0.717) is 0 Å². The molecule has 0 saturated carbocycles. The molecule has 4 heteroatoms. The highest BCUT2D eigenvalue weighted by atomic mass is 19.1. The summed E-state index contributed by atoms with van der Waals surface area (Å²) in [6, 6.07) is 5.58. The molecule has 0 aliphatic carbocycles. The van der Waals surface area contributed by atoms with Crippen molar-refractivity contribution in [1.29, 1.82) is 0 Å². The Morgan fingerprint density at radius 3 is 2.86 bits per heavy atom. The number of para-hydroxylation sites is 1. The summed E-state index contributed by atoms with van der Waals surface area (Å²) in [7, 11) is 0. The number of carbonyl (C=O) groups is 1. The van der Waals surface area contributed by atoms with Crippen LogP contribution in [0, 0.1) is 5.82 Å². The molecule has 1 rings (SSSR count). The lowest BCUT2D eigenvalue weighted by molar-refractivity contribution is 0.108. The van der Waals surface area contributed by atoms with Crippen LogP contribution in [0.2, 0.25) is 0 Å². The van der Waals surface area contributed by atoms with E-state index in [-0.39, 0.29) is 12.4 Å². The number of rotatable bonds is 3. The van der Waals surface area contributed by atoms with Crippen molar-refractivity contribution < 1.29 is 18.7 Å². The van der Waals surface area contributed by atoms with Crippen LogP contribution in [0.5, 0.6) is 5.75 Å². The Hall–Kier alpha value is -1.84. The topological polar surface area (TPSA) is 35.5 Å². The van der Waals surface area contributed by atoms with Crippen molar-refractivity contribution in [1.82, 2.24) is 0 Å². The van der Waals surface area contributed by atoms with Crippen LogP contribution in [0.1, 0.15) is 0 Å². The van der Waals surface area contributed by atoms with Crippen LogP contribution in [-0.4, -0.2) is 12.8 Å². The SMILES string of the molecule is C=CCOC(=O)Oc1ccccc1F. The van der Waals surface area contributed by atoms with E-state index >= 15 is 0 Å².